The smallest absolute Gasteiger partial charge is 0.255 e. The number of halogens is 1. The molecule has 0 fully saturated rings. The van der Waals surface area contributed by atoms with E-state index in [1.54, 1.807) is 36.4 Å². The maximum atomic E-state index is 13.2. The summed E-state index contributed by atoms with van der Waals surface area (Å²) in [5, 5.41) is 3.82. The van der Waals surface area contributed by atoms with Gasteiger partial charge in [-0.2, -0.15) is 9.41 Å². The lowest BCUT2D eigenvalue weighted by atomic mass is 10.2. The quantitative estimate of drug-likeness (QED) is 0.397. The number of rotatable bonds is 9. The fourth-order valence-corrected chi connectivity index (χ4v) is 4.22. The fraction of sp³-hybridized carbons (Fsp3) is 0.130. The van der Waals surface area contributed by atoms with Gasteiger partial charge < -0.3 is 4.74 Å². The number of nitrogens with zero attached hydrogens (tertiary/aromatic N) is 2. The average Bonchev–Trinajstić information content (AvgIpc) is 2.80. The lowest BCUT2D eigenvalue weighted by molar-refractivity contribution is -0.121. The van der Waals surface area contributed by atoms with E-state index in [9.17, 15) is 17.6 Å². The third-order valence-corrected chi connectivity index (χ3v) is 6.30. The molecule has 0 spiro atoms. The topological polar surface area (TPSA) is 88.1 Å². The van der Waals surface area contributed by atoms with E-state index in [1.165, 1.54) is 49.7 Å². The molecule has 0 radical (unpaired) electrons. The molecular weight excluding hydrogens is 433 g/mol. The zero-order valence-corrected chi connectivity index (χ0v) is 18.1. The molecule has 0 atom stereocenters. The summed E-state index contributed by atoms with van der Waals surface area (Å²) in [5.41, 5.74) is 3.63. The predicted octanol–water partition coefficient (Wildman–Crippen LogP) is 3.18. The monoisotopic (exact) mass is 455 g/mol. The van der Waals surface area contributed by atoms with Crippen molar-refractivity contribution < 1.29 is 22.3 Å². The van der Waals surface area contributed by atoms with Crippen molar-refractivity contribution in [3.8, 4) is 5.75 Å². The molecule has 0 aliphatic heterocycles. The van der Waals surface area contributed by atoms with Crippen LogP contribution in [0.4, 0.5) is 4.39 Å². The van der Waals surface area contributed by atoms with Gasteiger partial charge in [0.2, 0.25) is 10.0 Å². The van der Waals surface area contributed by atoms with Crippen molar-refractivity contribution in [2.24, 2.45) is 5.10 Å². The summed E-state index contributed by atoms with van der Waals surface area (Å²) in [6.45, 7) is -0.436. The van der Waals surface area contributed by atoms with Gasteiger partial charge in [-0.15, -0.1) is 0 Å². The van der Waals surface area contributed by atoms with Gasteiger partial charge in [0.15, 0.2) is 0 Å². The van der Waals surface area contributed by atoms with Gasteiger partial charge in [-0.05, 0) is 47.5 Å². The zero-order valence-electron chi connectivity index (χ0n) is 17.3. The van der Waals surface area contributed by atoms with E-state index in [0.29, 0.717) is 11.3 Å². The van der Waals surface area contributed by atoms with Crippen molar-refractivity contribution in [1.82, 2.24) is 9.73 Å². The Morgan fingerprint density at radius 3 is 2.31 bits per heavy atom. The molecule has 7 nitrogen and oxygen atoms in total. The number of ether oxygens (including phenoxy) is 1. The molecule has 166 valence electrons. The Morgan fingerprint density at radius 2 is 1.69 bits per heavy atom. The lowest BCUT2D eigenvalue weighted by Gasteiger charge is -2.21. The Morgan fingerprint density at radius 1 is 1.03 bits per heavy atom. The molecule has 0 aliphatic rings. The highest BCUT2D eigenvalue weighted by Crippen LogP contribution is 2.21. The van der Waals surface area contributed by atoms with Crippen LogP contribution in [-0.4, -0.2) is 38.5 Å². The maximum Gasteiger partial charge on any atom is 0.255 e. The number of methoxy groups -OCH3 is 1. The fourth-order valence-electron chi connectivity index (χ4n) is 2.83. The Labute approximate surface area is 186 Å². The highest BCUT2D eigenvalue weighted by molar-refractivity contribution is 7.89. The van der Waals surface area contributed by atoms with Crippen LogP contribution in [0, 0.1) is 5.82 Å². The second-order valence-corrected chi connectivity index (χ2v) is 8.72. The van der Waals surface area contributed by atoms with Crippen molar-refractivity contribution in [2.75, 3.05) is 13.7 Å². The summed E-state index contributed by atoms with van der Waals surface area (Å²) in [7, 11) is -2.49. The first-order valence-electron chi connectivity index (χ1n) is 9.64. The standard InChI is InChI=1S/C23H22FN3O4S/c1-31-21-11-13-22(14-12-21)32(29,30)27(16-19-5-3-2-4-6-19)17-23(28)26-25-15-18-7-9-20(24)10-8-18/h2-15H,16-17H2,1H3,(H,26,28)/b25-15-. The van der Waals surface area contributed by atoms with Crippen LogP contribution in [0.5, 0.6) is 5.75 Å². The van der Waals surface area contributed by atoms with Crippen LogP contribution in [0.2, 0.25) is 0 Å². The van der Waals surface area contributed by atoms with Crippen LogP contribution >= 0.6 is 0 Å². The average molecular weight is 456 g/mol. The molecule has 32 heavy (non-hydrogen) atoms. The highest BCUT2D eigenvalue weighted by Gasteiger charge is 2.27. The van der Waals surface area contributed by atoms with Crippen molar-refractivity contribution in [2.45, 2.75) is 11.4 Å². The van der Waals surface area contributed by atoms with Gasteiger partial charge in [0.1, 0.15) is 11.6 Å². The van der Waals surface area contributed by atoms with Crippen molar-refractivity contribution in [1.29, 1.82) is 0 Å². The molecule has 1 amide bonds. The summed E-state index contributed by atoms with van der Waals surface area (Å²) in [6.07, 6.45) is 1.34. The van der Waals surface area contributed by atoms with Gasteiger partial charge in [0.25, 0.3) is 5.91 Å². The number of nitrogens with one attached hydrogen (secondary N) is 1. The molecule has 0 aromatic heterocycles. The van der Waals surface area contributed by atoms with Crippen LogP contribution in [0.3, 0.4) is 0 Å². The molecule has 3 aromatic carbocycles. The van der Waals surface area contributed by atoms with Crippen molar-refractivity contribution in [3.05, 3.63) is 95.8 Å². The van der Waals surface area contributed by atoms with E-state index in [0.717, 1.165) is 9.87 Å². The van der Waals surface area contributed by atoms with Crippen molar-refractivity contribution in [3.63, 3.8) is 0 Å². The van der Waals surface area contributed by atoms with E-state index in [1.807, 2.05) is 6.07 Å². The first-order chi connectivity index (χ1) is 15.4. The third-order valence-electron chi connectivity index (χ3n) is 4.49. The molecule has 1 N–H and O–H groups in total. The second kappa shape index (κ2) is 10.7. The van der Waals surface area contributed by atoms with Gasteiger partial charge in [-0.1, -0.05) is 42.5 Å². The summed E-state index contributed by atoms with van der Waals surface area (Å²) >= 11 is 0. The summed E-state index contributed by atoms with van der Waals surface area (Å²) < 4.78 is 45.6. The van der Waals surface area contributed by atoms with Crippen LogP contribution in [0.15, 0.2) is 88.9 Å². The number of hydrogen-bond acceptors (Lipinski definition) is 5. The number of carbonyl (C=O) groups is 1. The Bertz CT molecular complexity index is 1170. The van der Waals surface area contributed by atoms with E-state index in [-0.39, 0.29) is 17.3 Å². The lowest BCUT2D eigenvalue weighted by Crippen LogP contribution is -2.39. The molecule has 0 saturated heterocycles. The Balaban J connectivity index is 1.77. The van der Waals surface area contributed by atoms with E-state index >= 15 is 0 Å². The summed E-state index contributed by atoms with van der Waals surface area (Å²) in [6, 6.07) is 20.4. The van der Waals surface area contributed by atoms with E-state index < -0.39 is 22.5 Å². The summed E-state index contributed by atoms with van der Waals surface area (Å²) in [4.78, 5) is 12.5. The normalized spacial score (nSPS) is 11.6. The van der Waals surface area contributed by atoms with E-state index in [4.69, 9.17) is 4.74 Å². The number of hydrogen-bond donors (Lipinski definition) is 1. The van der Waals surface area contributed by atoms with Crippen LogP contribution < -0.4 is 10.2 Å². The molecule has 3 aromatic rings. The third kappa shape index (κ3) is 6.22. The van der Waals surface area contributed by atoms with Gasteiger partial charge in [-0.25, -0.2) is 18.2 Å². The van der Waals surface area contributed by atoms with Gasteiger partial charge >= 0.3 is 0 Å². The number of benzene rings is 3. The van der Waals surface area contributed by atoms with Gasteiger partial charge in [-0.3, -0.25) is 4.79 Å². The molecule has 9 heteroatoms. The Kier molecular flexibility index (Phi) is 7.69. The first-order valence-corrected chi connectivity index (χ1v) is 11.1. The second-order valence-electron chi connectivity index (χ2n) is 6.78. The van der Waals surface area contributed by atoms with Gasteiger partial charge in [0, 0.05) is 6.54 Å². The minimum absolute atomic E-state index is 0.00426. The maximum absolute atomic E-state index is 13.2. The molecule has 0 heterocycles. The molecule has 0 unspecified atom stereocenters. The SMILES string of the molecule is COc1ccc(S(=O)(=O)N(CC(=O)N/N=C\c2ccc(F)cc2)Cc2ccccc2)cc1. The molecule has 0 saturated carbocycles. The predicted molar refractivity (Wildman–Crippen MR) is 119 cm³/mol. The van der Waals surface area contributed by atoms with E-state index in [2.05, 4.69) is 10.5 Å². The minimum atomic E-state index is -3.98. The zero-order chi connectivity index (χ0) is 23.0. The largest absolute Gasteiger partial charge is 0.497 e. The number of sulfonamides is 1. The Hall–Kier alpha value is -3.56. The highest BCUT2D eigenvalue weighted by atomic mass is 32.2. The molecule has 0 bridgehead atoms. The molecular formula is C23H22FN3O4S. The number of carbonyl (C=O) groups excluding carboxylic acids is 1. The van der Waals surface area contributed by atoms with Crippen molar-refractivity contribution >= 4 is 22.1 Å². The number of hydrazone groups is 1. The van der Waals surface area contributed by atoms with Gasteiger partial charge in [0.05, 0.1) is 24.8 Å². The minimum Gasteiger partial charge on any atom is -0.497 e. The van der Waals surface area contributed by atoms with Crippen LogP contribution in [0.1, 0.15) is 11.1 Å². The molecule has 3 rings (SSSR count). The van der Waals surface area contributed by atoms with Crippen LogP contribution in [0.25, 0.3) is 0 Å². The molecule has 0 aliphatic carbocycles. The first kappa shape index (κ1) is 23.1. The number of amides is 1. The van der Waals surface area contributed by atoms with Crippen LogP contribution in [-0.2, 0) is 21.4 Å². The summed E-state index contributed by atoms with van der Waals surface area (Å²) in [5.74, 6) is -0.478.